The Labute approximate surface area is 172 Å². The molecular weight excluding hydrogens is 397 g/mol. The summed E-state index contributed by atoms with van der Waals surface area (Å²) in [6.45, 7) is 1.88. The number of rotatable bonds is 4. The van der Waals surface area contributed by atoms with Crippen molar-refractivity contribution in [2.75, 3.05) is 29.9 Å². The summed E-state index contributed by atoms with van der Waals surface area (Å²) in [7, 11) is 0. The standard InChI is InChI=1S/C21H19ClFN3OS/c22-15-3-1-2-14(10-15)12-25-20-17-11-16(23)4-5-19(17)24-13-18(20)21(27)26-6-8-28-9-7-26/h1-5,10-11,13H,6-9,12H2,(H,24,25). The second-order valence-corrected chi connectivity index (χ2v) is 8.26. The quantitative estimate of drug-likeness (QED) is 0.663. The summed E-state index contributed by atoms with van der Waals surface area (Å²) in [4.78, 5) is 19.4. The largest absolute Gasteiger partial charge is 0.380 e. The van der Waals surface area contributed by atoms with Crippen LogP contribution in [0.3, 0.4) is 0 Å². The summed E-state index contributed by atoms with van der Waals surface area (Å²) in [6, 6.07) is 11.9. The molecule has 28 heavy (non-hydrogen) atoms. The average molecular weight is 416 g/mol. The predicted octanol–water partition coefficient (Wildman–Crippen LogP) is 4.83. The molecule has 2 heterocycles. The smallest absolute Gasteiger partial charge is 0.257 e. The Hall–Kier alpha value is -2.31. The summed E-state index contributed by atoms with van der Waals surface area (Å²) >= 11 is 7.92. The van der Waals surface area contributed by atoms with Crippen LogP contribution in [0.4, 0.5) is 10.1 Å². The van der Waals surface area contributed by atoms with E-state index in [2.05, 4.69) is 10.3 Å². The van der Waals surface area contributed by atoms with E-state index in [9.17, 15) is 9.18 Å². The molecule has 1 N–H and O–H groups in total. The van der Waals surface area contributed by atoms with Crippen molar-refractivity contribution in [3.05, 3.63) is 70.6 Å². The molecule has 144 valence electrons. The van der Waals surface area contributed by atoms with Gasteiger partial charge in [-0.3, -0.25) is 9.78 Å². The van der Waals surface area contributed by atoms with Gasteiger partial charge in [0.15, 0.2) is 0 Å². The molecule has 3 aromatic rings. The van der Waals surface area contributed by atoms with Crippen LogP contribution < -0.4 is 5.32 Å². The zero-order chi connectivity index (χ0) is 19.5. The van der Waals surface area contributed by atoms with Crippen molar-refractivity contribution in [3.8, 4) is 0 Å². The molecule has 0 saturated carbocycles. The molecule has 4 nitrogen and oxygen atoms in total. The molecule has 0 unspecified atom stereocenters. The summed E-state index contributed by atoms with van der Waals surface area (Å²) in [5.41, 5.74) is 2.68. The molecule has 4 rings (SSSR count). The number of anilines is 1. The van der Waals surface area contributed by atoms with Gasteiger partial charge >= 0.3 is 0 Å². The van der Waals surface area contributed by atoms with E-state index in [-0.39, 0.29) is 11.7 Å². The molecule has 7 heteroatoms. The third kappa shape index (κ3) is 4.08. The maximum Gasteiger partial charge on any atom is 0.257 e. The summed E-state index contributed by atoms with van der Waals surface area (Å²) in [5, 5.41) is 4.57. The molecule has 1 amide bonds. The monoisotopic (exact) mass is 415 g/mol. The number of aromatic nitrogens is 1. The summed E-state index contributed by atoms with van der Waals surface area (Å²) < 4.78 is 13.9. The van der Waals surface area contributed by atoms with E-state index < -0.39 is 0 Å². The molecular formula is C21H19ClFN3OS. The van der Waals surface area contributed by atoms with Crippen LogP contribution >= 0.6 is 23.4 Å². The van der Waals surface area contributed by atoms with Crippen molar-refractivity contribution in [1.82, 2.24) is 9.88 Å². The van der Waals surface area contributed by atoms with Gasteiger partial charge in [0.25, 0.3) is 5.91 Å². The number of carbonyl (C=O) groups excluding carboxylic acids is 1. The molecule has 0 bridgehead atoms. The number of fused-ring (bicyclic) bond motifs is 1. The van der Waals surface area contributed by atoms with E-state index in [1.807, 2.05) is 40.9 Å². The maximum absolute atomic E-state index is 13.9. The van der Waals surface area contributed by atoms with E-state index in [1.165, 1.54) is 12.1 Å². The Bertz CT molecular complexity index is 1020. The lowest BCUT2D eigenvalue weighted by atomic mass is 10.1. The van der Waals surface area contributed by atoms with Crippen molar-refractivity contribution in [1.29, 1.82) is 0 Å². The maximum atomic E-state index is 13.9. The molecule has 0 aliphatic carbocycles. The number of hydrogen-bond donors (Lipinski definition) is 1. The van der Waals surface area contributed by atoms with Crippen molar-refractivity contribution < 1.29 is 9.18 Å². The van der Waals surface area contributed by atoms with E-state index in [1.54, 1.807) is 12.3 Å². The summed E-state index contributed by atoms with van der Waals surface area (Å²) in [6.07, 6.45) is 1.59. The Morgan fingerprint density at radius 3 is 2.82 bits per heavy atom. The Balaban J connectivity index is 1.73. The highest BCUT2D eigenvalue weighted by Gasteiger charge is 2.23. The van der Waals surface area contributed by atoms with Crippen LogP contribution in [-0.4, -0.2) is 40.4 Å². The number of halogens is 2. The third-order valence-electron chi connectivity index (χ3n) is 4.72. The van der Waals surface area contributed by atoms with Crippen LogP contribution in [0, 0.1) is 5.82 Å². The number of nitrogens with one attached hydrogen (secondary N) is 1. The van der Waals surface area contributed by atoms with Crippen molar-refractivity contribution in [2.45, 2.75) is 6.54 Å². The number of thioether (sulfide) groups is 1. The fraction of sp³-hybridized carbons (Fsp3) is 0.238. The van der Waals surface area contributed by atoms with E-state index in [4.69, 9.17) is 11.6 Å². The number of benzene rings is 2. The molecule has 1 saturated heterocycles. The van der Waals surface area contributed by atoms with Crippen LogP contribution in [0.2, 0.25) is 5.02 Å². The zero-order valence-corrected chi connectivity index (χ0v) is 16.7. The van der Waals surface area contributed by atoms with Crippen molar-refractivity contribution in [3.63, 3.8) is 0 Å². The van der Waals surface area contributed by atoms with Crippen molar-refractivity contribution in [2.24, 2.45) is 0 Å². The normalized spacial score (nSPS) is 14.3. The molecule has 0 radical (unpaired) electrons. The number of pyridine rings is 1. The zero-order valence-electron chi connectivity index (χ0n) is 15.1. The van der Waals surface area contributed by atoms with E-state index >= 15 is 0 Å². The third-order valence-corrected chi connectivity index (χ3v) is 5.89. The second-order valence-electron chi connectivity index (χ2n) is 6.60. The van der Waals surface area contributed by atoms with Crippen molar-refractivity contribution >= 4 is 45.9 Å². The van der Waals surface area contributed by atoms with Crippen LogP contribution in [0.1, 0.15) is 15.9 Å². The van der Waals surface area contributed by atoms with Gasteiger partial charge in [-0.1, -0.05) is 23.7 Å². The SMILES string of the molecule is O=C(c1cnc2ccc(F)cc2c1NCc1cccc(Cl)c1)N1CCSCC1. The summed E-state index contributed by atoms with van der Waals surface area (Å²) in [5.74, 6) is 1.41. The minimum atomic E-state index is -0.362. The van der Waals surface area contributed by atoms with Gasteiger partial charge in [-0.05, 0) is 35.9 Å². The highest BCUT2D eigenvalue weighted by molar-refractivity contribution is 7.99. The van der Waals surface area contributed by atoms with Crippen LogP contribution in [-0.2, 0) is 6.54 Å². The lowest BCUT2D eigenvalue weighted by Gasteiger charge is -2.27. The topological polar surface area (TPSA) is 45.2 Å². The molecule has 1 aliphatic heterocycles. The minimum absolute atomic E-state index is 0.0763. The average Bonchev–Trinajstić information content (AvgIpc) is 2.72. The fourth-order valence-electron chi connectivity index (χ4n) is 3.29. The van der Waals surface area contributed by atoms with Crippen LogP contribution in [0.25, 0.3) is 10.9 Å². The molecule has 0 atom stereocenters. The van der Waals surface area contributed by atoms with E-state index in [0.717, 1.165) is 17.1 Å². The molecule has 1 aliphatic rings. The van der Waals surface area contributed by atoms with Gasteiger partial charge in [0.2, 0.25) is 0 Å². The van der Waals surface area contributed by atoms with Crippen LogP contribution in [0.15, 0.2) is 48.7 Å². The Morgan fingerprint density at radius 1 is 1.21 bits per heavy atom. The van der Waals surface area contributed by atoms with Gasteiger partial charge in [0.05, 0.1) is 16.8 Å². The van der Waals surface area contributed by atoms with Gasteiger partial charge in [0, 0.05) is 47.7 Å². The number of carbonyl (C=O) groups is 1. The first-order valence-electron chi connectivity index (χ1n) is 9.05. The first kappa shape index (κ1) is 19.0. The number of nitrogens with zero attached hydrogens (tertiary/aromatic N) is 2. The van der Waals surface area contributed by atoms with Crippen LogP contribution in [0.5, 0.6) is 0 Å². The molecule has 1 aromatic heterocycles. The second kappa shape index (κ2) is 8.37. The number of amides is 1. The molecule has 1 fully saturated rings. The highest BCUT2D eigenvalue weighted by Crippen LogP contribution is 2.29. The van der Waals surface area contributed by atoms with Gasteiger partial charge in [-0.25, -0.2) is 4.39 Å². The predicted molar refractivity (Wildman–Crippen MR) is 114 cm³/mol. The Morgan fingerprint density at radius 2 is 2.04 bits per heavy atom. The van der Waals surface area contributed by atoms with Gasteiger partial charge in [-0.15, -0.1) is 0 Å². The van der Waals surface area contributed by atoms with Gasteiger partial charge in [-0.2, -0.15) is 11.8 Å². The lowest BCUT2D eigenvalue weighted by molar-refractivity contribution is 0.0773. The molecule has 2 aromatic carbocycles. The number of hydrogen-bond acceptors (Lipinski definition) is 4. The first-order chi connectivity index (χ1) is 13.6. The minimum Gasteiger partial charge on any atom is -0.380 e. The Kier molecular flexibility index (Phi) is 5.69. The fourth-order valence-corrected chi connectivity index (χ4v) is 4.41. The first-order valence-corrected chi connectivity index (χ1v) is 10.6. The highest BCUT2D eigenvalue weighted by atomic mass is 35.5. The van der Waals surface area contributed by atoms with Gasteiger partial charge in [0.1, 0.15) is 5.82 Å². The van der Waals surface area contributed by atoms with Gasteiger partial charge < -0.3 is 10.2 Å². The molecule has 0 spiro atoms. The van der Waals surface area contributed by atoms with E-state index in [0.29, 0.717) is 46.8 Å². The lowest BCUT2D eigenvalue weighted by Crippen LogP contribution is -2.38.